The van der Waals surface area contributed by atoms with E-state index in [0.29, 0.717) is 5.56 Å². The second-order valence-electron chi connectivity index (χ2n) is 4.31. The second-order valence-corrected chi connectivity index (χ2v) is 6.29. The van der Waals surface area contributed by atoms with E-state index in [9.17, 15) is 13.2 Å². The molecule has 0 heterocycles. The number of carbonyl (C=O) groups excluding carboxylic acids is 1. The van der Waals surface area contributed by atoms with E-state index >= 15 is 0 Å². The van der Waals surface area contributed by atoms with Crippen molar-refractivity contribution >= 4 is 27.1 Å². The van der Waals surface area contributed by atoms with Gasteiger partial charge in [0, 0.05) is 11.8 Å². The summed E-state index contributed by atoms with van der Waals surface area (Å²) in [6.45, 7) is 0. The monoisotopic (exact) mass is 290 g/mol. The topological polar surface area (TPSA) is 89.3 Å². The number of para-hydroxylation sites is 1. The van der Waals surface area contributed by atoms with Crippen LogP contribution in [-0.2, 0) is 9.84 Å². The standard InChI is InChI=1S/C14H14N2O3S/c1-20(18,19)12-9-5-8-11(13(12)15)16-14(17)10-6-3-2-4-7-10/h2-9H,15H2,1H3,(H,16,17). The van der Waals surface area contributed by atoms with Crippen LogP contribution in [0.15, 0.2) is 53.4 Å². The Bertz CT molecular complexity index is 740. The van der Waals surface area contributed by atoms with Crippen molar-refractivity contribution < 1.29 is 13.2 Å². The summed E-state index contributed by atoms with van der Waals surface area (Å²) in [6.07, 6.45) is 1.07. The van der Waals surface area contributed by atoms with E-state index in [-0.39, 0.29) is 22.2 Å². The molecule has 104 valence electrons. The predicted molar refractivity (Wildman–Crippen MR) is 78.4 cm³/mol. The highest BCUT2D eigenvalue weighted by Gasteiger charge is 2.15. The maximum absolute atomic E-state index is 12.0. The summed E-state index contributed by atoms with van der Waals surface area (Å²) >= 11 is 0. The van der Waals surface area contributed by atoms with Crippen molar-refractivity contribution in [3.8, 4) is 0 Å². The van der Waals surface area contributed by atoms with E-state index < -0.39 is 9.84 Å². The normalized spacial score (nSPS) is 11.1. The van der Waals surface area contributed by atoms with Crippen molar-refractivity contribution in [3.63, 3.8) is 0 Å². The smallest absolute Gasteiger partial charge is 0.255 e. The van der Waals surface area contributed by atoms with Crippen LogP contribution < -0.4 is 11.1 Å². The van der Waals surface area contributed by atoms with Crippen LogP contribution in [0.25, 0.3) is 0 Å². The lowest BCUT2D eigenvalue weighted by molar-refractivity contribution is 0.102. The summed E-state index contributed by atoms with van der Waals surface area (Å²) in [5, 5.41) is 2.61. The highest BCUT2D eigenvalue weighted by Crippen LogP contribution is 2.26. The molecule has 2 aromatic carbocycles. The fourth-order valence-corrected chi connectivity index (χ4v) is 2.60. The number of hydrogen-bond donors (Lipinski definition) is 2. The third-order valence-corrected chi connectivity index (χ3v) is 3.90. The molecule has 0 spiro atoms. The molecule has 0 bridgehead atoms. The lowest BCUT2D eigenvalue weighted by Crippen LogP contribution is -2.14. The zero-order chi connectivity index (χ0) is 14.8. The molecule has 0 aliphatic carbocycles. The quantitative estimate of drug-likeness (QED) is 0.845. The summed E-state index contributed by atoms with van der Waals surface area (Å²) in [5.74, 6) is -0.344. The van der Waals surface area contributed by atoms with E-state index in [1.54, 1.807) is 36.4 Å². The van der Waals surface area contributed by atoms with Crippen molar-refractivity contribution in [2.75, 3.05) is 17.3 Å². The summed E-state index contributed by atoms with van der Waals surface area (Å²) in [7, 11) is -3.43. The molecule has 0 aromatic heterocycles. The lowest BCUT2D eigenvalue weighted by atomic mass is 10.2. The Morgan fingerprint density at radius 1 is 1.05 bits per heavy atom. The Balaban J connectivity index is 2.34. The van der Waals surface area contributed by atoms with E-state index in [2.05, 4.69) is 5.32 Å². The first kappa shape index (κ1) is 14.1. The molecule has 2 aromatic rings. The summed E-state index contributed by atoms with van der Waals surface area (Å²) < 4.78 is 23.1. The molecule has 5 nitrogen and oxygen atoms in total. The number of amides is 1. The lowest BCUT2D eigenvalue weighted by Gasteiger charge is -2.11. The van der Waals surface area contributed by atoms with Gasteiger partial charge in [-0.15, -0.1) is 0 Å². The van der Waals surface area contributed by atoms with Crippen molar-refractivity contribution in [2.24, 2.45) is 0 Å². The number of sulfone groups is 1. The van der Waals surface area contributed by atoms with E-state index in [4.69, 9.17) is 5.73 Å². The van der Waals surface area contributed by atoms with Gasteiger partial charge in [-0.05, 0) is 24.3 Å². The van der Waals surface area contributed by atoms with Crippen molar-refractivity contribution in [2.45, 2.75) is 4.90 Å². The average Bonchev–Trinajstić information content (AvgIpc) is 2.40. The molecule has 20 heavy (non-hydrogen) atoms. The Hall–Kier alpha value is -2.34. The first-order valence-corrected chi connectivity index (χ1v) is 7.73. The van der Waals surface area contributed by atoms with Crippen LogP contribution in [0.1, 0.15) is 10.4 Å². The van der Waals surface area contributed by atoms with Crippen LogP contribution in [-0.4, -0.2) is 20.6 Å². The molecule has 0 atom stereocenters. The van der Waals surface area contributed by atoms with E-state index in [1.165, 1.54) is 12.1 Å². The van der Waals surface area contributed by atoms with Gasteiger partial charge in [-0.2, -0.15) is 0 Å². The molecule has 0 unspecified atom stereocenters. The van der Waals surface area contributed by atoms with Gasteiger partial charge in [-0.25, -0.2) is 8.42 Å². The molecular weight excluding hydrogens is 276 g/mol. The SMILES string of the molecule is CS(=O)(=O)c1cccc(NC(=O)c2ccccc2)c1N. The molecule has 2 rings (SSSR count). The summed E-state index contributed by atoms with van der Waals surface area (Å²) in [5.41, 5.74) is 6.59. The highest BCUT2D eigenvalue weighted by molar-refractivity contribution is 7.90. The van der Waals surface area contributed by atoms with Gasteiger partial charge in [0.25, 0.3) is 5.91 Å². The molecule has 0 aliphatic rings. The Morgan fingerprint density at radius 3 is 2.30 bits per heavy atom. The first-order chi connectivity index (χ1) is 9.39. The minimum absolute atomic E-state index is 0.00311. The summed E-state index contributed by atoms with van der Waals surface area (Å²) in [6, 6.07) is 13.1. The van der Waals surface area contributed by atoms with Gasteiger partial charge in [0.1, 0.15) is 0 Å². The first-order valence-electron chi connectivity index (χ1n) is 5.84. The molecular formula is C14H14N2O3S. The highest BCUT2D eigenvalue weighted by atomic mass is 32.2. The van der Waals surface area contributed by atoms with Gasteiger partial charge in [-0.1, -0.05) is 24.3 Å². The maximum Gasteiger partial charge on any atom is 0.255 e. The predicted octanol–water partition coefficient (Wildman–Crippen LogP) is 1.92. The minimum atomic E-state index is -3.43. The van der Waals surface area contributed by atoms with Gasteiger partial charge >= 0.3 is 0 Å². The number of anilines is 2. The minimum Gasteiger partial charge on any atom is -0.396 e. The zero-order valence-electron chi connectivity index (χ0n) is 10.8. The maximum atomic E-state index is 12.0. The molecule has 0 aliphatic heterocycles. The van der Waals surface area contributed by atoms with Gasteiger partial charge < -0.3 is 11.1 Å². The van der Waals surface area contributed by atoms with Crippen molar-refractivity contribution in [3.05, 3.63) is 54.1 Å². The number of nitrogens with two attached hydrogens (primary N) is 1. The fourth-order valence-electron chi connectivity index (χ4n) is 1.76. The summed E-state index contributed by atoms with van der Waals surface area (Å²) in [4.78, 5) is 12.0. The van der Waals surface area contributed by atoms with Crippen LogP contribution in [0.2, 0.25) is 0 Å². The van der Waals surface area contributed by atoms with Crippen LogP contribution in [0, 0.1) is 0 Å². The number of hydrogen-bond acceptors (Lipinski definition) is 4. The molecule has 0 saturated carbocycles. The van der Waals surface area contributed by atoms with Crippen LogP contribution >= 0.6 is 0 Å². The molecule has 1 amide bonds. The average molecular weight is 290 g/mol. The van der Waals surface area contributed by atoms with Crippen LogP contribution in [0.3, 0.4) is 0 Å². The largest absolute Gasteiger partial charge is 0.396 e. The number of carbonyl (C=O) groups is 1. The zero-order valence-corrected chi connectivity index (χ0v) is 11.6. The van der Waals surface area contributed by atoms with Gasteiger partial charge in [0.05, 0.1) is 16.3 Å². The molecule has 6 heteroatoms. The third kappa shape index (κ3) is 2.97. The van der Waals surface area contributed by atoms with Gasteiger partial charge in [-0.3, -0.25) is 4.79 Å². The van der Waals surface area contributed by atoms with E-state index in [0.717, 1.165) is 6.26 Å². The van der Waals surface area contributed by atoms with Crippen LogP contribution in [0.4, 0.5) is 11.4 Å². The molecule has 3 N–H and O–H groups in total. The van der Waals surface area contributed by atoms with Crippen molar-refractivity contribution in [1.29, 1.82) is 0 Å². The second kappa shape index (κ2) is 5.34. The number of nitrogens with one attached hydrogen (secondary N) is 1. The van der Waals surface area contributed by atoms with E-state index in [1.807, 2.05) is 0 Å². The Labute approximate surface area is 117 Å². The Kier molecular flexibility index (Phi) is 3.76. The number of benzene rings is 2. The molecule has 0 saturated heterocycles. The third-order valence-electron chi connectivity index (χ3n) is 2.75. The molecule has 0 fully saturated rings. The van der Waals surface area contributed by atoms with Gasteiger partial charge in [0.15, 0.2) is 9.84 Å². The van der Waals surface area contributed by atoms with Crippen LogP contribution in [0.5, 0.6) is 0 Å². The number of rotatable bonds is 3. The molecule has 0 radical (unpaired) electrons. The number of nitrogen functional groups attached to an aromatic ring is 1. The Morgan fingerprint density at radius 2 is 1.70 bits per heavy atom. The van der Waals surface area contributed by atoms with Gasteiger partial charge in [0.2, 0.25) is 0 Å². The van der Waals surface area contributed by atoms with Crippen molar-refractivity contribution in [1.82, 2.24) is 0 Å². The fraction of sp³-hybridized carbons (Fsp3) is 0.0714.